The first kappa shape index (κ1) is 14.0. The predicted octanol–water partition coefficient (Wildman–Crippen LogP) is 4.37. The number of hydrogen-bond donors (Lipinski definition) is 1. The van der Waals surface area contributed by atoms with Crippen LogP contribution in [0.1, 0.15) is 72.1 Å². The summed E-state index contributed by atoms with van der Waals surface area (Å²) in [7, 11) is 0. The molecular weight excluding hydrogens is 194 g/mol. The summed E-state index contributed by atoms with van der Waals surface area (Å²) in [6.07, 6.45) is 11.3. The third-order valence-corrected chi connectivity index (χ3v) is 4.38. The number of hydrogen-bond acceptors (Lipinski definition) is 1. The molecule has 1 saturated carbocycles. The van der Waals surface area contributed by atoms with Crippen LogP contribution in [-0.4, -0.2) is 12.6 Å². The summed E-state index contributed by atoms with van der Waals surface area (Å²) in [4.78, 5) is 0. The van der Waals surface area contributed by atoms with Crippen LogP contribution in [0.3, 0.4) is 0 Å². The van der Waals surface area contributed by atoms with E-state index in [1.807, 2.05) is 0 Å². The highest BCUT2D eigenvalue weighted by molar-refractivity contribution is 4.79. The van der Waals surface area contributed by atoms with Crippen LogP contribution in [-0.2, 0) is 0 Å². The summed E-state index contributed by atoms with van der Waals surface area (Å²) < 4.78 is 0. The molecule has 1 nitrogen and oxygen atoms in total. The maximum absolute atomic E-state index is 3.75. The number of nitrogens with one attached hydrogen (secondary N) is 1. The Morgan fingerprint density at radius 3 is 2.50 bits per heavy atom. The lowest BCUT2D eigenvalue weighted by Gasteiger charge is -2.26. The summed E-state index contributed by atoms with van der Waals surface area (Å²) in [5.41, 5.74) is 0. The Labute approximate surface area is 102 Å². The second-order valence-corrected chi connectivity index (χ2v) is 5.51. The van der Waals surface area contributed by atoms with Crippen LogP contribution in [0.4, 0.5) is 0 Å². The van der Waals surface area contributed by atoms with Crippen molar-refractivity contribution in [1.82, 2.24) is 5.32 Å². The third kappa shape index (κ3) is 4.45. The topological polar surface area (TPSA) is 12.0 Å². The molecule has 1 aliphatic rings. The van der Waals surface area contributed by atoms with Gasteiger partial charge in [0.2, 0.25) is 0 Å². The highest BCUT2D eigenvalue weighted by atomic mass is 14.9. The van der Waals surface area contributed by atoms with Gasteiger partial charge in [-0.3, -0.25) is 0 Å². The minimum absolute atomic E-state index is 0.788. The molecule has 0 aromatic heterocycles. The maximum Gasteiger partial charge on any atom is 0.00926 e. The first-order chi connectivity index (χ1) is 7.81. The van der Waals surface area contributed by atoms with Crippen molar-refractivity contribution in [2.24, 2.45) is 11.8 Å². The van der Waals surface area contributed by atoms with Gasteiger partial charge in [0.1, 0.15) is 0 Å². The molecule has 0 aromatic rings. The minimum atomic E-state index is 0.788. The van der Waals surface area contributed by atoms with E-state index in [4.69, 9.17) is 0 Å². The molecule has 0 aromatic carbocycles. The van der Waals surface area contributed by atoms with Crippen molar-refractivity contribution in [3.05, 3.63) is 0 Å². The molecule has 1 aliphatic carbocycles. The Kier molecular flexibility index (Phi) is 7.11. The summed E-state index contributed by atoms with van der Waals surface area (Å²) in [6.45, 7) is 8.17. The fourth-order valence-corrected chi connectivity index (χ4v) is 3.19. The van der Waals surface area contributed by atoms with Gasteiger partial charge < -0.3 is 5.32 Å². The molecule has 0 bridgehead atoms. The number of rotatable bonds is 6. The van der Waals surface area contributed by atoms with E-state index in [0.29, 0.717) is 0 Å². The van der Waals surface area contributed by atoms with E-state index < -0.39 is 0 Å². The van der Waals surface area contributed by atoms with Crippen molar-refractivity contribution < 1.29 is 0 Å². The molecule has 1 heteroatoms. The van der Waals surface area contributed by atoms with E-state index in [2.05, 4.69) is 26.1 Å². The van der Waals surface area contributed by atoms with E-state index in [-0.39, 0.29) is 0 Å². The molecule has 1 rings (SSSR count). The molecule has 0 saturated heterocycles. The van der Waals surface area contributed by atoms with Crippen LogP contribution in [0.2, 0.25) is 0 Å². The lowest BCUT2D eigenvalue weighted by molar-refractivity contribution is 0.307. The van der Waals surface area contributed by atoms with Gasteiger partial charge >= 0.3 is 0 Å². The molecular formula is C15H31N. The Bertz CT molecular complexity index is 167. The highest BCUT2D eigenvalue weighted by Crippen LogP contribution is 2.31. The first-order valence-electron chi connectivity index (χ1n) is 7.55. The SMILES string of the molecule is CCCNC(CC)C1CCCC(CC)CC1. The molecule has 1 fully saturated rings. The van der Waals surface area contributed by atoms with Crippen molar-refractivity contribution in [2.45, 2.75) is 78.2 Å². The standard InChI is InChI=1S/C15H31N/c1-4-12-16-15(6-3)14-9-7-8-13(5-2)10-11-14/h13-16H,4-12H2,1-3H3. The quantitative estimate of drug-likeness (QED) is 0.662. The second kappa shape index (κ2) is 8.11. The summed E-state index contributed by atoms with van der Waals surface area (Å²) >= 11 is 0. The van der Waals surface area contributed by atoms with E-state index in [0.717, 1.165) is 17.9 Å². The third-order valence-electron chi connectivity index (χ3n) is 4.38. The molecule has 0 aliphatic heterocycles. The summed E-state index contributed by atoms with van der Waals surface area (Å²) in [5.74, 6) is 1.97. The van der Waals surface area contributed by atoms with Crippen LogP contribution in [0, 0.1) is 11.8 Å². The lowest BCUT2D eigenvalue weighted by atomic mass is 9.89. The Balaban J connectivity index is 2.38. The minimum Gasteiger partial charge on any atom is -0.314 e. The average Bonchev–Trinajstić information content (AvgIpc) is 2.55. The van der Waals surface area contributed by atoms with Crippen molar-refractivity contribution in [3.8, 4) is 0 Å². The highest BCUT2D eigenvalue weighted by Gasteiger charge is 2.23. The van der Waals surface area contributed by atoms with Crippen LogP contribution >= 0.6 is 0 Å². The van der Waals surface area contributed by atoms with E-state index in [1.54, 1.807) is 0 Å². The van der Waals surface area contributed by atoms with Gasteiger partial charge in [-0.05, 0) is 44.1 Å². The van der Waals surface area contributed by atoms with E-state index >= 15 is 0 Å². The van der Waals surface area contributed by atoms with Crippen LogP contribution < -0.4 is 5.32 Å². The maximum atomic E-state index is 3.75. The molecule has 1 N–H and O–H groups in total. The monoisotopic (exact) mass is 225 g/mol. The summed E-state index contributed by atoms with van der Waals surface area (Å²) in [6, 6.07) is 0.788. The molecule has 96 valence electrons. The zero-order valence-corrected chi connectivity index (χ0v) is 11.6. The van der Waals surface area contributed by atoms with E-state index in [1.165, 1.54) is 57.9 Å². The first-order valence-corrected chi connectivity index (χ1v) is 7.55. The van der Waals surface area contributed by atoms with Gasteiger partial charge in [0.05, 0.1) is 0 Å². The van der Waals surface area contributed by atoms with Crippen molar-refractivity contribution in [2.75, 3.05) is 6.54 Å². The molecule has 0 radical (unpaired) electrons. The second-order valence-electron chi connectivity index (χ2n) is 5.51. The van der Waals surface area contributed by atoms with Gasteiger partial charge in [-0.2, -0.15) is 0 Å². The zero-order chi connectivity index (χ0) is 11.8. The Morgan fingerprint density at radius 2 is 1.88 bits per heavy atom. The fraction of sp³-hybridized carbons (Fsp3) is 1.00. The van der Waals surface area contributed by atoms with Crippen LogP contribution in [0.25, 0.3) is 0 Å². The van der Waals surface area contributed by atoms with E-state index in [9.17, 15) is 0 Å². The Hall–Kier alpha value is -0.0400. The predicted molar refractivity (Wildman–Crippen MR) is 72.7 cm³/mol. The molecule has 16 heavy (non-hydrogen) atoms. The molecule has 3 unspecified atom stereocenters. The zero-order valence-electron chi connectivity index (χ0n) is 11.6. The smallest absolute Gasteiger partial charge is 0.00926 e. The molecule has 0 heterocycles. The van der Waals surface area contributed by atoms with Gasteiger partial charge in [0.15, 0.2) is 0 Å². The molecule has 0 spiro atoms. The normalized spacial score (nSPS) is 28.7. The van der Waals surface area contributed by atoms with Gasteiger partial charge in [-0.1, -0.05) is 46.5 Å². The van der Waals surface area contributed by atoms with Crippen LogP contribution in [0.15, 0.2) is 0 Å². The van der Waals surface area contributed by atoms with Crippen molar-refractivity contribution >= 4 is 0 Å². The van der Waals surface area contributed by atoms with Gasteiger partial charge in [-0.25, -0.2) is 0 Å². The van der Waals surface area contributed by atoms with Crippen molar-refractivity contribution in [1.29, 1.82) is 0 Å². The Morgan fingerprint density at radius 1 is 1.06 bits per heavy atom. The molecule has 3 atom stereocenters. The van der Waals surface area contributed by atoms with Gasteiger partial charge in [0.25, 0.3) is 0 Å². The lowest BCUT2D eigenvalue weighted by Crippen LogP contribution is -2.36. The largest absolute Gasteiger partial charge is 0.314 e. The van der Waals surface area contributed by atoms with Gasteiger partial charge in [0, 0.05) is 6.04 Å². The average molecular weight is 225 g/mol. The molecule has 0 amide bonds. The summed E-state index contributed by atoms with van der Waals surface area (Å²) in [5, 5.41) is 3.75. The van der Waals surface area contributed by atoms with Crippen LogP contribution in [0.5, 0.6) is 0 Å². The van der Waals surface area contributed by atoms with Gasteiger partial charge in [-0.15, -0.1) is 0 Å². The van der Waals surface area contributed by atoms with Crippen molar-refractivity contribution in [3.63, 3.8) is 0 Å². The fourth-order valence-electron chi connectivity index (χ4n) is 3.19.